The molecule has 0 fully saturated rings. The molecule has 1 N–H and O–H groups in total. The summed E-state index contributed by atoms with van der Waals surface area (Å²) in [6, 6.07) is 8.01. The molecular formula is C16H16N2O. The first-order valence-corrected chi connectivity index (χ1v) is 6.38. The molecule has 3 rings (SSSR count). The molecule has 0 radical (unpaired) electrons. The molecule has 2 heterocycles. The highest BCUT2D eigenvalue weighted by Crippen LogP contribution is 2.26. The second-order valence-corrected chi connectivity index (χ2v) is 4.88. The van der Waals surface area contributed by atoms with Crippen LogP contribution >= 0.6 is 0 Å². The highest BCUT2D eigenvalue weighted by atomic mass is 16.1. The quantitative estimate of drug-likeness (QED) is 0.831. The number of hydrogen-bond acceptors (Lipinski definition) is 2. The van der Waals surface area contributed by atoms with Crippen LogP contribution in [0.4, 0.5) is 0 Å². The Hall–Kier alpha value is -2.29. The summed E-state index contributed by atoms with van der Waals surface area (Å²) >= 11 is 0. The van der Waals surface area contributed by atoms with Gasteiger partial charge in [-0.25, -0.2) is 0 Å². The average Bonchev–Trinajstić information content (AvgIpc) is 2.78. The number of carbonyl (C=O) groups excluding carboxylic acids is 1. The van der Waals surface area contributed by atoms with Gasteiger partial charge in [0.05, 0.1) is 5.52 Å². The normalized spacial score (nSPS) is 18.2. The van der Waals surface area contributed by atoms with Crippen molar-refractivity contribution >= 4 is 16.7 Å². The molecule has 0 saturated heterocycles. The molecule has 1 aliphatic heterocycles. The van der Waals surface area contributed by atoms with Crippen molar-refractivity contribution in [2.45, 2.75) is 20.0 Å². The van der Waals surface area contributed by atoms with Crippen LogP contribution in [-0.2, 0) is 0 Å². The van der Waals surface area contributed by atoms with Gasteiger partial charge in [0.15, 0.2) is 5.78 Å². The Balaban J connectivity index is 2.19. The van der Waals surface area contributed by atoms with Gasteiger partial charge in [0.2, 0.25) is 0 Å². The Morgan fingerprint density at radius 3 is 2.84 bits per heavy atom. The summed E-state index contributed by atoms with van der Waals surface area (Å²) in [6.45, 7) is 3.68. The monoisotopic (exact) mass is 252 g/mol. The van der Waals surface area contributed by atoms with E-state index >= 15 is 0 Å². The molecule has 0 aliphatic carbocycles. The lowest BCUT2D eigenvalue weighted by atomic mass is 10.1. The van der Waals surface area contributed by atoms with Gasteiger partial charge in [0.1, 0.15) is 6.17 Å². The Morgan fingerprint density at radius 2 is 2.11 bits per heavy atom. The number of hydrogen-bond donors (Lipinski definition) is 1. The van der Waals surface area contributed by atoms with Crippen molar-refractivity contribution in [2.75, 3.05) is 0 Å². The van der Waals surface area contributed by atoms with Crippen LogP contribution in [-0.4, -0.2) is 10.4 Å². The fourth-order valence-corrected chi connectivity index (χ4v) is 2.51. The minimum Gasteiger partial charge on any atom is -0.368 e. The van der Waals surface area contributed by atoms with Crippen LogP contribution in [0.2, 0.25) is 0 Å². The molecule has 1 aromatic heterocycles. The summed E-state index contributed by atoms with van der Waals surface area (Å²) in [6.07, 6.45) is 8.13. The number of para-hydroxylation sites is 1. The summed E-state index contributed by atoms with van der Waals surface area (Å²) in [5.74, 6) is 0.0991. The first-order chi connectivity index (χ1) is 9.16. The molecule has 0 saturated carbocycles. The maximum absolute atomic E-state index is 11.8. The maximum Gasteiger partial charge on any atom is 0.161 e. The van der Waals surface area contributed by atoms with Gasteiger partial charge in [-0.2, -0.15) is 0 Å². The number of dihydropyridines is 1. The highest BCUT2D eigenvalue weighted by molar-refractivity contribution is 6.07. The zero-order valence-electron chi connectivity index (χ0n) is 11.1. The lowest BCUT2D eigenvalue weighted by molar-refractivity contribution is 0.101. The number of ketones is 1. The van der Waals surface area contributed by atoms with Gasteiger partial charge < -0.3 is 9.88 Å². The topological polar surface area (TPSA) is 34.0 Å². The second-order valence-electron chi connectivity index (χ2n) is 4.88. The minimum atomic E-state index is 0.0583. The van der Waals surface area contributed by atoms with Gasteiger partial charge in [-0.3, -0.25) is 4.79 Å². The molecule has 3 heteroatoms. The zero-order chi connectivity index (χ0) is 13.4. The zero-order valence-corrected chi connectivity index (χ0v) is 11.1. The van der Waals surface area contributed by atoms with Crippen molar-refractivity contribution in [3.63, 3.8) is 0 Å². The van der Waals surface area contributed by atoms with Crippen molar-refractivity contribution in [3.05, 3.63) is 60.0 Å². The smallest absolute Gasteiger partial charge is 0.161 e. The number of Topliss-reactive ketones (excluding diaryl/α,β-unsaturated/α-hetero) is 1. The minimum absolute atomic E-state index is 0.0583. The predicted octanol–water partition coefficient (Wildman–Crippen LogP) is 3.41. The number of fused-ring (bicyclic) bond motifs is 1. The number of aromatic nitrogens is 1. The molecule has 19 heavy (non-hydrogen) atoms. The molecule has 1 atom stereocenters. The molecule has 0 amide bonds. The number of benzene rings is 1. The van der Waals surface area contributed by atoms with Crippen LogP contribution in [0, 0.1) is 0 Å². The van der Waals surface area contributed by atoms with Crippen LogP contribution in [0.15, 0.2) is 54.4 Å². The number of rotatable bonds is 2. The fourth-order valence-electron chi connectivity index (χ4n) is 2.51. The number of nitrogens with one attached hydrogen (secondary N) is 1. The van der Waals surface area contributed by atoms with Crippen molar-refractivity contribution in [3.8, 4) is 0 Å². The predicted molar refractivity (Wildman–Crippen MR) is 77.0 cm³/mol. The molecular weight excluding hydrogens is 236 g/mol. The van der Waals surface area contributed by atoms with E-state index in [2.05, 4.69) is 22.9 Å². The van der Waals surface area contributed by atoms with E-state index in [1.165, 1.54) is 5.57 Å². The third-order valence-electron chi connectivity index (χ3n) is 3.45. The van der Waals surface area contributed by atoms with Crippen molar-refractivity contribution in [1.82, 2.24) is 9.88 Å². The van der Waals surface area contributed by atoms with E-state index in [4.69, 9.17) is 0 Å². The second kappa shape index (κ2) is 4.43. The summed E-state index contributed by atoms with van der Waals surface area (Å²) in [5, 5.41) is 4.32. The van der Waals surface area contributed by atoms with E-state index in [1.54, 1.807) is 6.92 Å². The van der Waals surface area contributed by atoms with E-state index in [0.717, 1.165) is 16.5 Å². The average molecular weight is 252 g/mol. The van der Waals surface area contributed by atoms with E-state index < -0.39 is 0 Å². The van der Waals surface area contributed by atoms with Crippen LogP contribution in [0.25, 0.3) is 10.9 Å². The van der Waals surface area contributed by atoms with Crippen molar-refractivity contribution in [2.24, 2.45) is 0 Å². The summed E-state index contributed by atoms with van der Waals surface area (Å²) in [7, 11) is 0. The largest absolute Gasteiger partial charge is 0.368 e. The standard InChI is InChI=1S/C16H16N2O/c1-11-7-8-17-16(9-11)18-10-14(12(2)19)13-5-3-4-6-15(13)18/h3-10,16-17H,1-2H3. The summed E-state index contributed by atoms with van der Waals surface area (Å²) in [5.41, 5.74) is 3.06. The van der Waals surface area contributed by atoms with Crippen molar-refractivity contribution in [1.29, 1.82) is 0 Å². The Bertz CT molecular complexity index is 707. The fraction of sp³-hybridized carbons (Fsp3) is 0.188. The lowest BCUT2D eigenvalue weighted by Crippen LogP contribution is -2.22. The summed E-state index contributed by atoms with van der Waals surface area (Å²) < 4.78 is 2.11. The van der Waals surface area contributed by atoms with Gasteiger partial charge >= 0.3 is 0 Å². The first kappa shape index (κ1) is 11.8. The van der Waals surface area contributed by atoms with Gasteiger partial charge in [-0.15, -0.1) is 0 Å². The highest BCUT2D eigenvalue weighted by Gasteiger charge is 2.16. The molecule has 1 unspecified atom stereocenters. The SMILES string of the molecule is CC(=O)c1cn(C2C=C(C)C=CN2)c2ccccc12. The number of allylic oxidation sites excluding steroid dienone is 2. The van der Waals surface area contributed by atoms with Gasteiger partial charge in [-0.1, -0.05) is 18.2 Å². The van der Waals surface area contributed by atoms with Gasteiger partial charge in [0, 0.05) is 17.1 Å². The molecule has 1 aliphatic rings. The molecule has 3 nitrogen and oxygen atoms in total. The Morgan fingerprint density at radius 1 is 1.32 bits per heavy atom. The molecule has 96 valence electrons. The van der Waals surface area contributed by atoms with Crippen LogP contribution in [0.1, 0.15) is 30.4 Å². The lowest BCUT2D eigenvalue weighted by Gasteiger charge is -2.20. The third-order valence-corrected chi connectivity index (χ3v) is 3.45. The van der Waals surface area contributed by atoms with Crippen LogP contribution in [0.5, 0.6) is 0 Å². The number of nitrogens with zero attached hydrogens (tertiary/aromatic N) is 1. The molecule has 0 spiro atoms. The van der Waals surface area contributed by atoms with Gasteiger partial charge in [0.25, 0.3) is 0 Å². The third kappa shape index (κ3) is 1.97. The van der Waals surface area contributed by atoms with Crippen LogP contribution < -0.4 is 5.32 Å². The van der Waals surface area contributed by atoms with E-state index in [1.807, 2.05) is 42.7 Å². The first-order valence-electron chi connectivity index (χ1n) is 6.38. The maximum atomic E-state index is 11.8. The van der Waals surface area contributed by atoms with E-state index in [0.29, 0.717) is 0 Å². The van der Waals surface area contributed by atoms with Crippen LogP contribution in [0.3, 0.4) is 0 Å². The van der Waals surface area contributed by atoms with E-state index in [-0.39, 0.29) is 11.9 Å². The van der Waals surface area contributed by atoms with Gasteiger partial charge in [-0.05, 0) is 43.8 Å². The molecule has 2 aromatic rings. The van der Waals surface area contributed by atoms with Crippen molar-refractivity contribution < 1.29 is 4.79 Å². The molecule has 0 bridgehead atoms. The summed E-state index contributed by atoms with van der Waals surface area (Å²) in [4.78, 5) is 11.8. The van der Waals surface area contributed by atoms with E-state index in [9.17, 15) is 4.79 Å². The number of carbonyl (C=O) groups is 1. The Labute approximate surface area is 112 Å². The Kier molecular flexibility index (Phi) is 2.75. The molecule has 1 aromatic carbocycles.